The number of aliphatic imine (C=N–C) groups is 1. The number of thiazole rings is 1. The smallest absolute Gasteiger partial charge is 0.191 e. The highest BCUT2D eigenvalue weighted by molar-refractivity contribution is 9.10. The summed E-state index contributed by atoms with van der Waals surface area (Å²) in [7, 11) is 1.66. The molecule has 2 N–H and O–H groups in total. The van der Waals surface area contributed by atoms with Gasteiger partial charge in [-0.2, -0.15) is 0 Å². The van der Waals surface area contributed by atoms with Crippen LogP contribution in [0.1, 0.15) is 43.0 Å². The van der Waals surface area contributed by atoms with E-state index in [2.05, 4.69) is 62.7 Å². The Morgan fingerprint density at radius 3 is 2.76 bits per heavy atom. The maximum absolute atomic E-state index is 5.26. The van der Waals surface area contributed by atoms with E-state index >= 15 is 0 Å². The Balaban J connectivity index is 1.98. The lowest BCUT2D eigenvalue weighted by molar-refractivity contribution is 0.412. The molecule has 5 nitrogen and oxygen atoms in total. The van der Waals surface area contributed by atoms with Crippen molar-refractivity contribution >= 4 is 33.2 Å². The standard InChI is InChI=1S/C18H25BrN4OS/c1-5-20-18(22-10-17-23-15(11-25-17)12(2)3)21-9-13-6-7-16(24-4)14(19)8-13/h6-8,11-12H,5,9-10H2,1-4H3,(H2,20,21,22). The van der Waals surface area contributed by atoms with Gasteiger partial charge >= 0.3 is 0 Å². The molecule has 7 heteroatoms. The average Bonchev–Trinajstić information content (AvgIpc) is 3.07. The van der Waals surface area contributed by atoms with Crippen LogP contribution in [0.25, 0.3) is 0 Å². The van der Waals surface area contributed by atoms with Crippen LogP contribution >= 0.6 is 27.3 Å². The number of nitrogens with one attached hydrogen (secondary N) is 2. The Hall–Kier alpha value is -1.60. The molecule has 136 valence electrons. The Labute approximate surface area is 162 Å². The summed E-state index contributed by atoms with van der Waals surface area (Å²) in [4.78, 5) is 9.29. The van der Waals surface area contributed by atoms with Crippen LogP contribution in [0.15, 0.2) is 33.0 Å². The molecule has 1 aromatic carbocycles. The van der Waals surface area contributed by atoms with Crippen LogP contribution in [-0.2, 0) is 13.1 Å². The summed E-state index contributed by atoms with van der Waals surface area (Å²) in [5.74, 6) is 2.07. The molecule has 0 unspecified atom stereocenters. The lowest BCUT2D eigenvalue weighted by atomic mass is 10.2. The van der Waals surface area contributed by atoms with Crippen molar-refractivity contribution in [1.29, 1.82) is 0 Å². The first-order valence-electron chi connectivity index (χ1n) is 8.32. The van der Waals surface area contributed by atoms with Gasteiger partial charge in [0.2, 0.25) is 0 Å². The number of hydrogen-bond donors (Lipinski definition) is 2. The topological polar surface area (TPSA) is 58.5 Å². The van der Waals surface area contributed by atoms with Crippen LogP contribution < -0.4 is 15.4 Å². The minimum absolute atomic E-state index is 0.459. The molecule has 0 fully saturated rings. The molecule has 1 aromatic heterocycles. The van der Waals surface area contributed by atoms with Gasteiger partial charge in [0.25, 0.3) is 0 Å². The molecule has 0 amide bonds. The van der Waals surface area contributed by atoms with Gasteiger partial charge in [0.1, 0.15) is 10.8 Å². The van der Waals surface area contributed by atoms with Gasteiger partial charge in [-0.1, -0.05) is 19.9 Å². The molecular weight excluding hydrogens is 400 g/mol. The van der Waals surface area contributed by atoms with E-state index in [1.165, 1.54) is 0 Å². The van der Waals surface area contributed by atoms with E-state index in [1.54, 1.807) is 18.4 Å². The maximum atomic E-state index is 5.26. The fourth-order valence-electron chi connectivity index (χ4n) is 2.15. The monoisotopic (exact) mass is 424 g/mol. The number of ether oxygens (including phenoxy) is 1. The number of rotatable bonds is 7. The first-order chi connectivity index (χ1) is 12.0. The number of aromatic nitrogens is 1. The average molecular weight is 425 g/mol. The second-order valence-electron chi connectivity index (χ2n) is 5.84. The van der Waals surface area contributed by atoms with Gasteiger partial charge in [-0.25, -0.2) is 9.98 Å². The summed E-state index contributed by atoms with van der Waals surface area (Å²) >= 11 is 5.19. The number of halogens is 1. The maximum Gasteiger partial charge on any atom is 0.191 e. The lowest BCUT2D eigenvalue weighted by Crippen LogP contribution is -2.36. The van der Waals surface area contributed by atoms with Crippen LogP contribution in [0, 0.1) is 0 Å². The normalized spacial score (nSPS) is 11.7. The minimum Gasteiger partial charge on any atom is -0.496 e. The number of guanidine groups is 1. The number of nitrogens with zero attached hydrogens (tertiary/aromatic N) is 2. The molecule has 0 atom stereocenters. The fraction of sp³-hybridized carbons (Fsp3) is 0.444. The van der Waals surface area contributed by atoms with Gasteiger partial charge < -0.3 is 15.4 Å². The molecule has 0 aliphatic heterocycles. The van der Waals surface area contributed by atoms with E-state index in [1.807, 2.05) is 18.2 Å². The molecule has 0 aliphatic carbocycles. The van der Waals surface area contributed by atoms with Crippen LogP contribution in [-0.4, -0.2) is 24.6 Å². The van der Waals surface area contributed by atoms with Crippen molar-refractivity contribution in [2.45, 2.75) is 39.8 Å². The van der Waals surface area contributed by atoms with Gasteiger partial charge in [0.15, 0.2) is 5.96 Å². The summed E-state index contributed by atoms with van der Waals surface area (Å²) in [5, 5.41) is 9.81. The van der Waals surface area contributed by atoms with Gasteiger partial charge in [-0.3, -0.25) is 0 Å². The van der Waals surface area contributed by atoms with Crippen molar-refractivity contribution < 1.29 is 4.74 Å². The quantitative estimate of drug-likeness (QED) is 0.513. The molecule has 25 heavy (non-hydrogen) atoms. The van der Waals surface area contributed by atoms with Gasteiger partial charge in [-0.15, -0.1) is 11.3 Å². The Kier molecular flexibility index (Phi) is 7.71. The molecular formula is C18H25BrN4OS. The summed E-state index contributed by atoms with van der Waals surface area (Å²) in [5.41, 5.74) is 2.26. The molecule has 0 aliphatic rings. The molecule has 1 heterocycles. The zero-order valence-corrected chi connectivity index (χ0v) is 17.5. The number of hydrogen-bond acceptors (Lipinski definition) is 4. The highest BCUT2D eigenvalue weighted by Crippen LogP contribution is 2.25. The van der Waals surface area contributed by atoms with E-state index in [0.29, 0.717) is 19.0 Å². The Morgan fingerprint density at radius 1 is 1.36 bits per heavy atom. The zero-order chi connectivity index (χ0) is 18.2. The minimum atomic E-state index is 0.459. The molecule has 0 spiro atoms. The summed E-state index contributed by atoms with van der Waals surface area (Å²) in [6, 6.07) is 5.99. The third-order valence-electron chi connectivity index (χ3n) is 3.55. The first kappa shape index (κ1) is 19.7. The van der Waals surface area contributed by atoms with Gasteiger partial charge in [0, 0.05) is 11.9 Å². The number of benzene rings is 1. The fourth-order valence-corrected chi connectivity index (χ4v) is 3.63. The molecule has 0 radical (unpaired) electrons. The van der Waals surface area contributed by atoms with E-state index in [0.717, 1.165) is 39.0 Å². The first-order valence-corrected chi connectivity index (χ1v) is 9.99. The molecule has 0 saturated carbocycles. The predicted molar refractivity (Wildman–Crippen MR) is 109 cm³/mol. The second kappa shape index (κ2) is 9.77. The zero-order valence-electron chi connectivity index (χ0n) is 15.1. The number of methoxy groups -OCH3 is 1. The summed E-state index contributed by atoms with van der Waals surface area (Å²) < 4.78 is 6.19. The van der Waals surface area contributed by atoms with E-state index in [4.69, 9.17) is 4.74 Å². The molecule has 0 bridgehead atoms. The van der Waals surface area contributed by atoms with E-state index in [-0.39, 0.29) is 0 Å². The molecule has 2 rings (SSSR count). The van der Waals surface area contributed by atoms with Crippen molar-refractivity contribution in [1.82, 2.24) is 15.6 Å². The second-order valence-corrected chi connectivity index (χ2v) is 7.64. The lowest BCUT2D eigenvalue weighted by Gasteiger charge is -2.10. The summed E-state index contributed by atoms with van der Waals surface area (Å²) in [6.45, 7) is 8.45. The highest BCUT2D eigenvalue weighted by Gasteiger charge is 2.07. The van der Waals surface area contributed by atoms with E-state index in [9.17, 15) is 0 Å². The largest absolute Gasteiger partial charge is 0.496 e. The summed E-state index contributed by atoms with van der Waals surface area (Å²) in [6.07, 6.45) is 0. The molecule has 0 saturated heterocycles. The molecule has 2 aromatic rings. The van der Waals surface area contributed by atoms with Crippen LogP contribution in [0.3, 0.4) is 0 Å². The Morgan fingerprint density at radius 2 is 2.16 bits per heavy atom. The van der Waals surface area contributed by atoms with Crippen LogP contribution in [0.4, 0.5) is 0 Å². The SMILES string of the molecule is CCNC(=NCc1ccc(OC)c(Br)c1)NCc1nc(C(C)C)cs1. The van der Waals surface area contributed by atoms with E-state index < -0.39 is 0 Å². The van der Waals surface area contributed by atoms with Crippen molar-refractivity contribution in [3.8, 4) is 5.75 Å². The van der Waals surface area contributed by atoms with Crippen molar-refractivity contribution in [2.24, 2.45) is 4.99 Å². The van der Waals surface area contributed by atoms with Gasteiger partial charge in [-0.05, 0) is 46.5 Å². The predicted octanol–water partition coefficient (Wildman–Crippen LogP) is 4.29. The van der Waals surface area contributed by atoms with Crippen molar-refractivity contribution in [2.75, 3.05) is 13.7 Å². The van der Waals surface area contributed by atoms with Crippen LogP contribution in [0.5, 0.6) is 5.75 Å². The van der Waals surface area contributed by atoms with Crippen LogP contribution in [0.2, 0.25) is 0 Å². The van der Waals surface area contributed by atoms with Crippen molar-refractivity contribution in [3.05, 3.63) is 44.3 Å². The highest BCUT2D eigenvalue weighted by atomic mass is 79.9. The Bertz CT molecular complexity index is 715. The third-order valence-corrected chi connectivity index (χ3v) is 5.04. The third kappa shape index (κ3) is 6.01. The van der Waals surface area contributed by atoms with Crippen molar-refractivity contribution in [3.63, 3.8) is 0 Å². The van der Waals surface area contributed by atoms with Gasteiger partial charge in [0.05, 0.1) is 30.4 Å².